The molecule has 1 unspecified atom stereocenters. The lowest BCUT2D eigenvalue weighted by molar-refractivity contribution is -0.115. The van der Waals surface area contributed by atoms with Gasteiger partial charge in [-0.3, -0.25) is 14.2 Å². The third kappa shape index (κ3) is 3.24. The molecule has 130 valence electrons. The van der Waals surface area contributed by atoms with Gasteiger partial charge in [0.25, 0.3) is 5.56 Å². The maximum absolute atomic E-state index is 13.2. The first kappa shape index (κ1) is 17.5. The minimum atomic E-state index is -0.396. The summed E-state index contributed by atoms with van der Waals surface area (Å²) in [5.74, 6) is -0.258. The molecule has 0 aromatic carbocycles. The Balaban J connectivity index is 2.20. The predicted octanol–water partition coefficient (Wildman–Crippen LogP) is 3.28. The minimum Gasteiger partial charge on any atom is -0.369 e. The molecule has 24 heavy (non-hydrogen) atoms. The number of fused-ring (bicyclic) bond motifs is 3. The maximum atomic E-state index is 13.2. The fourth-order valence-electron chi connectivity index (χ4n) is 3.18. The molecular formula is C17H23N3O2S2. The van der Waals surface area contributed by atoms with Crippen LogP contribution < -0.4 is 11.3 Å². The monoisotopic (exact) mass is 365 g/mol. The molecule has 1 amide bonds. The van der Waals surface area contributed by atoms with E-state index in [0.29, 0.717) is 5.16 Å². The van der Waals surface area contributed by atoms with Crippen LogP contribution in [0.4, 0.5) is 0 Å². The zero-order valence-electron chi connectivity index (χ0n) is 14.1. The summed E-state index contributed by atoms with van der Waals surface area (Å²) >= 11 is 2.91. The van der Waals surface area contributed by atoms with Crippen molar-refractivity contribution in [3.8, 4) is 0 Å². The number of rotatable bonds is 5. The van der Waals surface area contributed by atoms with Gasteiger partial charge in [0.2, 0.25) is 5.91 Å². The standard InChI is InChI=1S/C17H23N3O2S2/c1-3-10(2)20-16(22)14-11-7-5-4-6-8-12(11)24-15(14)19-17(20)23-9-13(18)21/h10H,3-9H2,1-2H3,(H2,18,21). The van der Waals surface area contributed by atoms with Gasteiger partial charge in [-0.15, -0.1) is 11.3 Å². The number of hydrogen-bond donors (Lipinski definition) is 1. The number of carbonyl (C=O) groups excluding carboxylic acids is 1. The van der Waals surface area contributed by atoms with Crippen LogP contribution in [-0.4, -0.2) is 21.2 Å². The quantitative estimate of drug-likeness (QED) is 0.501. The van der Waals surface area contributed by atoms with Gasteiger partial charge in [-0.1, -0.05) is 25.1 Å². The van der Waals surface area contributed by atoms with Crippen molar-refractivity contribution in [1.29, 1.82) is 0 Å². The van der Waals surface area contributed by atoms with Crippen LogP contribution in [0.25, 0.3) is 10.2 Å². The highest BCUT2D eigenvalue weighted by Gasteiger charge is 2.23. The normalized spacial score (nSPS) is 15.9. The molecule has 1 aliphatic carbocycles. The van der Waals surface area contributed by atoms with Gasteiger partial charge in [0.1, 0.15) is 4.83 Å². The van der Waals surface area contributed by atoms with Crippen LogP contribution in [0.5, 0.6) is 0 Å². The molecule has 1 aliphatic rings. The Morgan fingerprint density at radius 3 is 2.83 bits per heavy atom. The molecule has 0 bridgehead atoms. The Morgan fingerprint density at radius 1 is 1.38 bits per heavy atom. The number of thioether (sulfide) groups is 1. The molecule has 7 heteroatoms. The highest BCUT2D eigenvalue weighted by molar-refractivity contribution is 7.99. The SMILES string of the molecule is CCC(C)n1c(SCC(N)=O)nc2sc3c(c2c1=O)CCCCC3. The van der Waals surface area contributed by atoms with Gasteiger partial charge in [-0.25, -0.2) is 4.98 Å². The van der Waals surface area contributed by atoms with E-state index in [1.807, 2.05) is 6.92 Å². The number of carbonyl (C=O) groups is 1. The van der Waals surface area contributed by atoms with E-state index in [4.69, 9.17) is 10.7 Å². The van der Waals surface area contributed by atoms with E-state index in [2.05, 4.69) is 6.92 Å². The fraction of sp³-hybridized carbons (Fsp3) is 0.588. The summed E-state index contributed by atoms with van der Waals surface area (Å²) in [5, 5.41) is 1.41. The van der Waals surface area contributed by atoms with Crippen LogP contribution in [0.2, 0.25) is 0 Å². The Labute approximate surface area is 149 Å². The first-order valence-electron chi connectivity index (χ1n) is 8.50. The first-order chi connectivity index (χ1) is 11.5. The summed E-state index contributed by atoms with van der Waals surface area (Å²) in [6.45, 7) is 4.08. The second-order valence-electron chi connectivity index (χ2n) is 6.33. The molecule has 0 spiro atoms. The number of nitrogens with zero attached hydrogens (tertiary/aromatic N) is 2. The Morgan fingerprint density at radius 2 is 2.12 bits per heavy atom. The largest absolute Gasteiger partial charge is 0.369 e. The first-order valence-corrected chi connectivity index (χ1v) is 10.3. The zero-order valence-corrected chi connectivity index (χ0v) is 15.8. The Hall–Kier alpha value is -1.34. The number of aromatic nitrogens is 2. The Bertz CT molecular complexity index is 825. The molecule has 3 rings (SSSR count). The van der Waals surface area contributed by atoms with E-state index in [9.17, 15) is 9.59 Å². The van der Waals surface area contributed by atoms with Gasteiger partial charge in [-0.05, 0) is 44.6 Å². The third-order valence-corrected chi connectivity index (χ3v) is 6.77. The highest BCUT2D eigenvalue weighted by atomic mass is 32.2. The highest BCUT2D eigenvalue weighted by Crippen LogP contribution is 2.34. The molecule has 5 nitrogen and oxygen atoms in total. The topological polar surface area (TPSA) is 78.0 Å². The van der Waals surface area contributed by atoms with Crippen molar-refractivity contribution in [1.82, 2.24) is 9.55 Å². The fourth-order valence-corrected chi connectivity index (χ4v) is 5.32. The summed E-state index contributed by atoms with van der Waals surface area (Å²) in [5.41, 5.74) is 6.53. The van der Waals surface area contributed by atoms with Gasteiger partial charge in [-0.2, -0.15) is 0 Å². The number of thiophene rings is 1. The molecule has 1 atom stereocenters. The molecule has 0 radical (unpaired) electrons. The summed E-state index contributed by atoms with van der Waals surface area (Å²) in [6.07, 6.45) is 6.40. The summed E-state index contributed by atoms with van der Waals surface area (Å²) in [6, 6.07) is 0.0473. The molecule has 0 saturated heterocycles. The molecule has 0 fully saturated rings. The van der Waals surface area contributed by atoms with E-state index >= 15 is 0 Å². The van der Waals surface area contributed by atoms with Crippen LogP contribution in [0.3, 0.4) is 0 Å². The molecule has 2 aromatic heterocycles. The molecule has 2 heterocycles. The molecule has 0 aliphatic heterocycles. The summed E-state index contributed by atoms with van der Waals surface area (Å²) < 4.78 is 1.76. The van der Waals surface area contributed by atoms with Crippen LogP contribution in [-0.2, 0) is 17.6 Å². The van der Waals surface area contributed by atoms with Crippen molar-refractivity contribution < 1.29 is 4.79 Å². The number of amides is 1. The molecule has 2 aromatic rings. The van der Waals surface area contributed by atoms with Crippen molar-refractivity contribution in [2.75, 3.05) is 5.75 Å². The van der Waals surface area contributed by atoms with E-state index in [1.165, 1.54) is 35.0 Å². The van der Waals surface area contributed by atoms with Crippen LogP contribution in [0.1, 0.15) is 56.0 Å². The smallest absolute Gasteiger partial charge is 0.263 e. The second-order valence-corrected chi connectivity index (χ2v) is 8.35. The van der Waals surface area contributed by atoms with E-state index in [0.717, 1.165) is 35.9 Å². The third-order valence-electron chi connectivity index (χ3n) is 4.61. The van der Waals surface area contributed by atoms with Crippen molar-refractivity contribution >= 4 is 39.2 Å². The van der Waals surface area contributed by atoms with Gasteiger partial charge in [0.05, 0.1) is 11.1 Å². The average Bonchev–Trinajstić information content (AvgIpc) is 2.74. The lowest BCUT2D eigenvalue weighted by Gasteiger charge is -2.17. The summed E-state index contributed by atoms with van der Waals surface area (Å²) in [4.78, 5) is 31.3. The number of hydrogen-bond acceptors (Lipinski definition) is 5. The minimum absolute atomic E-state index is 0.0423. The molecule has 0 saturated carbocycles. The molecule has 2 N–H and O–H groups in total. The average molecular weight is 366 g/mol. The number of aryl methyl sites for hydroxylation is 2. The van der Waals surface area contributed by atoms with Crippen molar-refractivity contribution in [2.24, 2.45) is 5.73 Å². The lowest BCUT2D eigenvalue weighted by atomic mass is 10.1. The van der Waals surface area contributed by atoms with Gasteiger partial charge < -0.3 is 5.73 Å². The van der Waals surface area contributed by atoms with E-state index in [1.54, 1.807) is 15.9 Å². The van der Waals surface area contributed by atoms with Crippen LogP contribution >= 0.6 is 23.1 Å². The van der Waals surface area contributed by atoms with Crippen molar-refractivity contribution in [2.45, 2.75) is 63.6 Å². The maximum Gasteiger partial charge on any atom is 0.263 e. The predicted molar refractivity (Wildman–Crippen MR) is 100 cm³/mol. The van der Waals surface area contributed by atoms with E-state index in [-0.39, 0.29) is 17.4 Å². The van der Waals surface area contributed by atoms with Gasteiger partial charge in [0.15, 0.2) is 5.16 Å². The number of nitrogens with two attached hydrogens (primary N) is 1. The lowest BCUT2D eigenvalue weighted by Crippen LogP contribution is -2.27. The van der Waals surface area contributed by atoms with Crippen LogP contribution in [0, 0.1) is 0 Å². The van der Waals surface area contributed by atoms with Crippen molar-refractivity contribution in [3.63, 3.8) is 0 Å². The van der Waals surface area contributed by atoms with E-state index < -0.39 is 5.91 Å². The van der Waals surface area contributed by atoms with Crippen LogP contribution in [0.15, 0.2) is 9.95 Å². The van der Waals surface area contributed by atoms with Gasteiger partial charge in [0, 0.05) is 10.9 Å². The Kier molecular flexibility index (Phi) is 5.30. The number of primary amides is 1. The van der Waals surface area contributed by atoms with Crippen molar-refractivity contribution in [3.05, 3.63) is 20.8 Å². The second kappa shape index (κ2) is 7.27. The summed E-state index contributed by atoms with van der Waals surface area (Å²) in [7, 11) is 0. The van der Waals surface area contributed by atoms with Gasteiger partial charge >= 0.3 is 0 Å². The molecular weight excluding hydrogens is 342 g/mol. The zero-order chi connectivity index (χ0) is 17.3.